The Morgan fingerprint density at radius 3 is 2.29 bits per heavy atom. The van der Waals surface area contributed by atoms with Gasteiger partial charge in [0, 0.05) is 30.9 Å². The minimum Gasteiger partial charge on any atom is -0.379 e. The van der Waals surface area contributed by atoms with Crippen molar-refractivity contribution in [3.8, 4) is 0 Å². The molecule has 1 saturated heterocycles. The van der Waals surface area contributed by atoms with Gasteiger partial charge in [0.05, 0.1) is 23.9 Å². The molecule has 1 heterocycles. The Hall–Kier alpha value is -2.22. The number of rotatable bonds is 7. The first-order valence-corrected chi connectivity index (χ1v) is 11.2. The second-order valence-electron chi connectivity index (χ2n) is 6.78. The predicted octanol–water partition coefficient (Wildman–Crippen LogP) is 2.61. The molecule has 1 aliphatic rings. The normalized spacial score (nSPS) is 15.3. The maximum absolute atomic E-state index is 12.4. The van der Waals surface area contributed by atoms with E-state index in [1.54, 1.807) is 6.92 Å². The molecular formula is C21H26N2O4S. The third kappa shape index (κ3) is 5.41. The predicted molar refractivity (Wildman–Crippen MR) is 110 cm³/mol. The molecule has 0 saturated carbocycles. The molecule has 0 unspecified atom stereocenters. The van der Waals surface area contributed by atoms with Gasteiger partial charge in [-0.2, -0.15) is 0 Å². The molecule has 7 heteroatoms. The van der Waals surface area contributed by atoms with Gasteiger partial charge in [-0.3, -0.25) is 9.69 Å². The van der Waals surface area contributed by atoms with Gasteiger partial charge in [0.1, 0.15) is 0 Å². The highest BCUT2D eigenvalue weighted by Crippen LogP contribution is 2.15. The Morgan fingerprint density at radius 1 is 1.04 bits per heavy atom. The fourth-order valence-corrected chi connectivity index (χ4v) is 3.93. The molecule has 0 atom stereocenters. The molecule has 0 aliphatic carbocycles. The largest absolute Gasteiger partial charge is 0.379 e. The smallest absolute Gasteiger partial charge is 0.255 e. The minimum atomic E-state index is -3.26. The van der Waals surface area contributed by atoms with Gasteiger partial charge in [-0.1, -0.05) is 19.1 Å². The highest BCUT2D eigenvalue weighted by atomic mass is 32.2. The Kier molecular flexibility index (Phi) is 6.83. The summed E-state index contributed by atoms with van der Waals surface area (Å²) < 4.78 is 29.1. The van der Waals surface area contributed by atoms with Crippen LogP contribution in [0.1, 0.15) is 22.8 Å². The summed E-state index contributed by atoms with van der Waals surface area (Å²) in [7, 11) is -3.26. The Labute approximate surface area is 166 Å². The van der Waals surface area contributed by atoms with Gasteiger partial charge in [-0.15, -0.1) is 0 Å². The number of hydrogen-bond acceptors (Lipinski definition) is 5. The molecule has 2 aromatic carbocycles. The number of hydrogen-bond donors (Lipinski definition) is 1. The number of sulfone groups is 1. The van der Waals surface area contributed by atoms with Crippen molar-refractivity contribution in [1.29, 1.82) is 0 Å². The van der Waals surface area contributed by atoms with E-state index in [1.165, 1.54) is 29.8 Å². The Balaban J connectivity index is 1.55. The number of carbonyl (C=O) groups excluding carboxylic acids is 1. The van der Waals surface area contributed by atoms with Crippen LogP contribution < -0.4 is 5.32 Å². The topological polar surface area (TPSA) is 75.7 Å². The van der Waals surface area contributed by atoms with Crippen molar-refractivity contribution in [1.82, 2.24) is 4.90 Å². The molecular weight excluding hydrogens is 376 g/mol. The van der Waals surface area contributed by atoms with Crippen LogP contribution in [0.3, 0.4) is 0 Å². The number of nitrogens with one attached hydrogen (secondary N) is 1. The third-order valence-corrected chi connectivity index (χ3v) is 6.64. The summed E-state index contributed by atoms with van der Waals surface area (Å²) in [6.07, 6.45) is 0.960. The monoisotopic (exact) mass is 402 g/mol. The van der Waals surface area contributed by atoms with Crippen molar-refractivity contribution in [2.75, 3.05) is 43.9 Å². The van der Waals surface area contributed by atoms with Crippen molar-refractivity contribution < 1.29 is 17.9 Å². The zero-order chi connectivity index (χ0) is 20.0. The first-order valence-electron chi connectivity index (χ1n) is 9.51. The van der Waals surface area contributed by atoms with Crippen LogP contribution in [-0.2, 0) is 21.0 Å². The Morgan fingerprint density at radius 2 is 1.68 bits per heavy atom. The van der Waals surface area contributed by atoms with Crippen LogP contribution >= 0.6 is 0 Å². The lowest BCUT2D eigenvalue weighted by Gasteiger charge is -2.26. The number of anilines is 1. The summed E-state index contributed by atoms with van der Waals surface area (Å²) in [5, 5.41) is 2.85. The first-order chi connectivity index (χ1) is 13.5. The van der Waals surface area contributed by atoms with Crippen LogP contribution in [0.15, 0.2) is 53.4 Å². The van der Waals surface area contributed by atoms with Crippen molar-refractivity contribution >= 4 is 21.4 Å². The number of ether oxygens (including phenoxy) is 1. The van der Waals surface area contributed by atoms with Crippen LogP contribution in [0, 0.1) is 0 Å². The third-order valence-electron chi connectivity index (χ3n) is 4.89. The zero-order valence-electron chi connectivity index (χ0n) is 16.1. The van der Waals surface area contributed by atoms with E-state index in [0.717, 1.165) is 39.3 Å². The molecule has 6 nitrogen and oxygen atoms in total. The summed E-state index contributed by atoms with van der Waals surface area (Å²) in [5.41, 5.74) is 2.36. The van der Waals surface area contributed by atoms with E-state index < -0.39 is 9.84 Å². The van der Waals surface area contributed by atoms with E-state index in [-0.39, 0.29) is 16.6 Å². The fourth-order valence-electron chi connectivity index (χ4n) is 3.05. The second-order valence-corrected chi connectivity index (χ2v) is 9.06. The van der Waals surface area contributed by atoms with E-state index >= 15 is 0 Å². The molecule has 1 fully saturated rings. The van der Waals surface area contributed by atoms with Crippen LogP contribution in [0.25, 0.3) is 0 Å². The quantitative estimate of drug-likeness (QED) is 0.771. The average molecular weight is 403 g/mol. The van der Waals surface area contributed by atoms with E-state index in [2.05, 4.69) is 10.2 Å². The minimum absolute atomic E-state index is 0.0381. The highest BCUT2D eigenvalue weighted by Gasteiger charge is 2.13. The van der Waals surface area contributed by atoms with Crippen LogP contribution in [0.4, 0.5) is 5.69 Å². The first kappa shape index (κ1) is 20.5. The second kappa shape index (κ2) is 9.32. The van der Waals surface area contributed by atoms with Crippen LogP contribution in [0.5, 0.6) is 0 Å². The lowest BCUT2D eigenvalue weighted by Crippen LogP contribution is -2.37. The number of benzene rings is 2. The summed E-state index contributed by atoms with van der Waals surface area (Å²) in [4.78, 5) is 15.0. The van der Waals surface area contributed by atoms with E-state index in [9.17, 15) is 13.2 Å². The molecule has 3 rings (SSSR count). The molecule has 1 amide bonds. The zero-order valence-corrected chi connectivity index (χ0v) is 16.9. The number of nitrogens with zero attached hydrogens (tertiary/aromatic N) is 1. The Bertz CT molecular complexity index is 887. The van der Waals surface area contributed by atoms with Gasteiger partial charge in [0.15, 0.2) is 9.84 Å². The maximum atomic E-state index is 12.4. The molecule has 28 heavy (non-hydrogen) atoms. The van der Waals surface area contributed by atoms with Gasteiger partial charge in [-0.25, -0.2) is 8.42 Å². The van der Waals surface area contributed by atoms with Gasteiger partial charge in [0.25, 0.3) is 5.91 Å². The standard InChI is InChI=1S/C21H26N2O4S/c1-2-28(25,26)20-9-5-18(6-10-20)21(24)22-19-7-3-17(4-8-19)11-12-23-13-15-27-16-14-23/h3-10H,2,11-16H2,1H3,(H,22,24). The molecule has 1 aliphatic heterocycles. The summed E-state index contributed by atoms with van der Waals surface area (Å²) >= 11 is 0. The lowest BCUT2D eigenvalue weighted by atomic mass is 10.1. The molecule has 150 valence electrons. The molecule has 0 aromatic heterocycles. The molecule has 0 bridgehead atoms. The average Bonchev–Trinajstić information content (AvgIpc) is 2.74. The molecule has 1 N–H and O–H groups in total. The number of morpholine rings is 1. The maximum Gasteiger partial charge on any atom is 0.255 e. The van der Waals surface area contributed by atoms with Crippen molar-refractivity contribution in [2.24, 2.45) is 0 Å². The van der Waals surface area contributed by atoms with Gasteiger partial charge < -0.3 is 10.1 Å². The van der Waals surface area contributed by atoms with Crippen LogP contribution in [-0.4, -0.2) is 57.8 Å². The van der Waals surface area contributed by atoms with Gasteiger partial charge in [0.2, 0.25) is 0 Å². The fraction of sp³-hybridized carbons (Fsp3) is 0.381. The van der Waals surface area contributed by atoms with E-state index in [0.29, 0.717) is 11.3 Å². The number of carbonyl (C=O) groups is 1. The van der Waals surface area contributed by atoms with Gasteiger partial charge >= 0.3 is 0 Å². The van der Waals surface area contributed by atoms with Crippen LogP contribution in [0.2, 0.25) is 0 Å². The highest BCUT2D eigenvalue weighted by molar-refractivity contribution is 7.91. The SMILES string of the molecule is CCS(=O)(=O)c1ccc(C(=O)Nc2ccc(CCN3CCOCC3)cc2)cc1. The number of amides is 1. The van der Waals surface area contributed by atoms with E-state index in [4.69, 9.17) is 4.74 Å². The molecule has 0 radical (unpaired) electrons. The lowest BCUT2D eigenvalue weighted by molar-refractivity contribution is 0.0384. The molecule has 0 spiro atoms. The summed E-state index contributed by atoms with van der Waals surface area (Å²) in [5.74, 6) is -0.224. The summed E-state index contributed by atoms with van der Waals surface area (Å²) in [6.45, 7) is 6.16. The van der Waals surface area contributed by atoms with Crippen molar-refractivity contribution in [2.45, 2.75) is 18.2 Å². The van der Waals surface area contributed by atoms with Crippen molar-refractivity contribution in [3.05, 3.63) is 59.7 Å². The molecule has 2 aromatic rings. The summed E-state index contributed by atoms with van der Waals surface area (Å²) in [6, 6.07) is 13.8. The van der Waals surface area contributed by atoms with Gasteiger partial charge in [-0.05, 0) is 48.4 Å². The van der Waals surface area contributed by atoms with Crippen molar-refractivity contribution in [3.63, 3.8) is 0 Å². The van der Waals surface area contributed by atoms with E-state index in [1.807, 2.05) is 24.3 Å².